The van der Waals surface area contributed by atoms with Gasteiger partial charge in [-0.15, -0.1) is 0 Å². The van der Waals surface area contributed by atoms with Gasteiger partial charge in [0.1, 0.15) is 12.4 Å². The molecule has 0 amide bonds. The Kier molecular flexibility index (Phi) is 3.57. The molecule has 104 valence electrons. The molecule has 0 spiro atoms. The van der Waals surface area contributed by atoms with Crippen LogP contribution in [0, 0.1) is 11.3 Å². The summed E-state index contributed by atoms with van der Waals surface area (Å²) in [6.07, 6.45) is -0.0247. The van der Waals surface area contributed by atoms with Gasteiger partial charge in [0.15, 0.2) is 6.10 Å². The van der Waals surface area contributed by atoms with Crippen LogP contribution >= 0.6 is 0 Å². The number of fused-ring (bicyclic) bond motifs is 1. The number of hydrogen-bond donors (Lipinski definition) is 0. The van der Waals surface area contributed by atoms with E-state index in [1.165, 1.54) is 0 Å². The van der Waals surface area contributed by atoms with Crippen LogP contribution in [0.3, 0.4) is 0 Å². The van der Waals surface area contributed by atoms with Crippen molar-refractivity contribution in [2.75, 3.05) is 0 Å². The van der Waals surface area contributed by atoms with Crippen molar-refractivity contribution in [2.45, 2.75) is 19.1 Å². The van der Waals surface area contributed by atoms with E-state index in [1.54, 1.807) is 24.3 Å². The molecule has 21 heavy (non-hydrogen) atoms. The number of carbonyl (C=O) groups excluding carboxylic acids is 1. The summed E-state index contributed by atoms with van der Waals surface area (Å²) in [5, 5.41) is 8.72. The minimum atomic E-state index is -0.569. The summed E-state index contributed by atoms with van der Waals surface area (Å²) in [6, 6.07) is 16.6. The zero-order valence-electron chi connectivity index (χ0n) is 11.3. The summed E-state index contributed by atoms with van der Waals surface area (Å²) in [4.78, 5) is 12.0. The molecule has 1 heterocycles. The van der Waals surface area contributed by atoms with Crippen molar-refractivity contribution in [1.82, 2.24) is 0 Å². The molecule has 4 nitrogen and oxygen atoms in total. The summed E-state index contributed by atoms with van der Waals surface area (Å²) in [7, 11) is 0. The predicted molar refractivity (Wildman–Crippen MR) is 75.5 cm³/mol. The fourth-order valence-electron chi connectivity index (χ4n) is 2.24. The lowest BCUT2D eigenvalue weighted by atomic mass is 10.1. The van der Waals surface area contributed by atoms with E-state index in [1.807, 2.05) is 30.3 Å². The quantitative estimate of drug-likeness (QED) is 0.810. The van der Waals surface area contributed by atoms with Gasteiger partial charge in [0.05, 0.1) is 11.6 Å². The van der Waals surface area contributed by atoms with Gasteiger partial charge in [-0.05, 0) is 29.3 Å². The highest BCUT2D eigenvalue weighted by Gasteiger charge is 2.29. The second-order valence-electron chi connectivity index (χ2n) is 4.83. The van der Waals surface area contributed by atoms with E-state index in [0.29, 0.717) is 12.0 Å². The summed E-state index contributed by atoms with van der Waals surface area (Å²) >= 11 is 0. The molecular formula is C17H13NO3. The standard InChI is InChI=1S/C17H13NO3/c18-10-12-5-7-13(8-6-12)11-20-17(19)16-9-14-3-1-2-4-15(14)21-16/h1-8,16H,9,11H2/t16-/m1/s1. The number of para-hydroxylation sites is 1. The topological polar surface area (TPSA) is 59.3 Å². The van der Waals surface area contributed by atoms with Crippen molar-refractivity contribution in [3.05, 3.63) is 65.2 Å². The Morgan fingerprint density at radius 3 is 2.71 bits per heavy atom. The lowest BCUT2D eigenvalue weighted by Crippen LogP contribution is -2.27. The Bertz CT molecular complexity index is 676. The lowest BCUT2D eigenvalue weighted by molar-refractivity contribution is -0.152. The molecule has 2 aromatic rings. The van der Waals surface area contributed by atoms with E-state index in [9.17, 15) is 4.79 Å². The second kappa shape index (κ2) is 5.68. The molecule has 2 aromatic carbocycles. The third-order valence-electron chi connectivity index (χ3n) is 3.37. The van der Waals surface area contributed by atoms with E-state index in [2.05, 4.69) is 0 Å². The van der Waals surface area contributed by atoms with Gasteiger partial charge < -0.3 is 9.47 Å². The average molecular weight is 279 g/mol. The molecule has 0 aliphatic carbocycles. The van der Waals surface area contributed by atoms with Crippen LogP contribution in [0.25, 0.3) is 0 Å². The predicted octanol–water partition coefficient (Wildman–Crippen LogP) is 2.61. The van der Waals surface area contributed by atoms with Gasteiger partial charge in [-0.25, -0.2) is 4.79 Å². The van der Waals surface area contributed by atoms with Gasteiger partial charge in [0, 0.05) is 6.42 Å². The van der Waals surface area contributed by atoms with E-state index in [-0.39, 0.29) is 12.6 Å². The number of hydrogen-bond acceptors (Lipinski definition) is 4. The molecule has 0 bridgehead atoms. The van der Waals surface area contributed by atoms with Crippen LogP contribution in [0.2, 0.25) is 0 Å². The molecule has 0 saturated carbocycles. The highest BCUT2D eigenvalue weighted by atomic mass is 16.6. The average Bonchev–Trinajstić information content (AvgIpc) is 2.97. The number of benzene rings is 2. The third kappa shape index (κ3) is 2.87. The van der Waals surface area contributed by atoms with E-state index in [0.717, 1.165) is 16.9 Å². The van der Waals surface area contributed by atoms with E-state index >= 15 is 0 Å². The smallest absolute Gasteiger partial charge is 0.348 e. The van der Waals surface area contributed by atoms with Crippen LogP contribution < -0.4 is 4.74 Å². The first-order chi connectivity index (χ1) is 10.3. The van der Waals surface area contributed by atoms with Crippen LogP contribution in [0.4, 0.5) is 0 Å². The van der Waals surface area contributed by atoms with Gasteiger partial charge in [0.25, 0.3) is 0 Å². The number of ether oxygens (including phenoxy) is 2. The van der Waals surface area contributed by atoms with Crippen LogP contribution in [-0.2, 0) is 22.6 Å². The minimum Gasteiger partial charge on any atom is -0.478 e. The molecule has 0 unspecified atom stereocenters. The van der Waals surface area contributed by atoms with Crippen molar-refractivity contribution in [1.29, 1.82) is 5.26 Å². The van der Waals surface area contributed by atoms with E-state index in [4.69, 9.17) is 14.7 Å². The molecule has 0 aromatic heterocycles. The van der Waals surface area contributed by atoms with Crippen molar-refractivity contribution in [3.8, 4) is 11.8 Å². The van der Waals surface area contributed by atoms with Crippen LogP contribution in [-0.4, -0.2) is 12.1 Å². The van der Waals surface area contributed by atoms with Crippen LogP contribution in [0.15, 0.2) is 48.5 Å². The number of nitrogens with zero attached hydrogens (tertiary/aromatic N) is 1. The Morgan fingerprint density at radius 2 is 2.00 bits per heavy atom. The van der Waals surface area contributed by atoms with Gasteiger partial charge in [-0.2, -0.15) is 5.26 Å². The van der Waals surface area contributed by atoms with Crippen LogP contribution in [0.1, 0.15) is 16.7 Å². The monoisotopic (exact) mass is 279 g/mol. The van der Waals surface area contributed by atoms with Gasteiger partial charge in [-0.1, -0.05) is 30.3 Å². The Balaban J connectivity index is 1.57. The molecular weight excluding hydrogens is 266 g/mol. The largest absolute Gasteiger partial charge is 0.478 e. The fourth-order valence-corrected chi connectivity index (χ4v) is 2.24. The van der Waals surface area contributed by atoms with Crippen molar-refractivity contribution >= 4 is 5.97 Å². The molecule has 0 N–H and O–H groups in total. The fraction of sp³-hybridized carbons (Fsp3) is 0.176. The summed E-state index contributed by atoms with van der Waals surface area (Å²) in [5.74, 6) is 0.383. The first-order valence-electron chi connectivity index (χ1n) is 6.66. The number of carbonyl (C=O) groups is 1. The Labute approximate surface area is 122 Å². The molecule has 4 heteroatoms. The van der Waals surface area contributed by atoms with Gasteiger partial charge in [0.2, 0.25) is 0 Å². The van der Waals surface area contributed by atoms with Crippen molar-refractivity contribution < 1.29 is 14.3 Å². The maximum absolute atomic E-state index is 12.0. The first kappa shape index (κ1) is 13.2. The molecule has 0 saturated heterocycles. The summed E-state index contributed by atoms with van der Waals surface area (Å²) < 4.78 is 10.8. The second-order valence-corrected chi connectivity index (χ2v) is 4.83. The first-order valence-corrected chi connectivity index (χ1v) is 6.66. The maximum Gasteiger partial charge on any atom is 0.348 e. The zero-order chi connectivity index (χ0) is 14.7. The highest BCUT2D eigenvalue weighted by molar-refractivity contribution is 5.76. The lowest BCUT2D eigenvalue weighted by Gasteiger charge is -2.10. The van der Waals surface area contributed by atoms with E-state index < -0.39 is 6.10 Å². The minimum absolute atomic E-state index is 0.181. The number of nitriles is 1. The molecule has 3 rings (SSSR count). The van der Waals surface area contributed by atoms with Gasteiger partial charge in [-0.3, -0.25) is 0 Å². The van der Waals surface area contributed by atoms with Crippen molar-refractivity contribution in [3.63, 3.8) is 0 Å². The molecule has 0 fully saturated rings. The third-order valence-corrected chi connectivity index (χ3v) is 3.37. The highest BCUT2D eigenvalue weighted by Crippen LogP contribution is 2.28. The molecule has 1 aliphatic rings. The van der Waals surface area contributed by atoms with Crippen molar-refractivity contribution in [2.24, 2.45) is 0 Å². The summed E-state index contributed by atoms with van der Waals surface area (Å²) in [6.45, 7) is 0.181. The number of esters is 1. The molecule has 1 atom stereocenters. The molecule has 1 aliphatic heterocycles. The summed E-state index contributed by atoms with van der Waals surface area (Å²) in [5.41, 5.74) is 2.45. The maximum atomic E-state index is 12.0. The Morgan fingerprint density at radius 1 is 1.24 bits per heavy atom. The van der Waals surface area contributed by atoms with Crippen LogP contribution in [0.5, 0.6) is 5.75 Å². The SMILES string of the molecule is N#Cc1ccc(COC(=O)[C@H]2Cc3ccccc3O2)cc1. The zero-order valence-corrected chi connectivity index (χ0v) is 11.3. The number of rotatable bonds is 3. The van der Waals surface area contributed by atoms with Gasteiger partial charge >= 0.3 is 5.97 Å². The Hall–Kier alpha value is -2.80. The molecule has 0 radical (unpaired) electrons. The normalized spacial score (nSPS) is 15.7.